The van der Waals surface area contributed by atoms with E-state index in [-0.39, 0.29) is 5.91 Å². The van der Waals surface area contributed by atoms with Gasteiger partial charge in [0.15, 0.2) is 0 Å². The highest BCUT2D eigenvalue weighted by Crippen LogP contribution is 2.25. The third kappa shape index (κ3) is 3.14. The summed E-state index contributed by atoms with van der Waals surface area (Å²) in [5, 5.41) is 4.89. The maximum absolute atomic E-state index is 12.0. The molecule has 1 N–H and O–H groups in total. The SMILES string of the molecule is O=C(NCc1cccnc1-c1cccs1)c1ccccn1. The number of nitrogens with zero attached hydrogens (tertiary/aromatic N) is 2. The standard InChI is InChI=1S/C16H13N3OS/c20-16(13-6-1-2-8-17-13)19-11-12-5-3-9-18-15(12)14-7-4-10-21-14/h1-10H,11H2,(H,19,20). The van der Waals surface area contributed by atoms with Crippen LogP contribution in [0.4, 0.5) is 0 Å². The van der Waals surface area contributed by atoms with Crippen LogP contribution >= 0.6 is 11.3 Å². The minimum atomic E-state index is -0.184. The molecule has 0 unspecified atom stereocenters. The van der Waals surface area contributed by atoms with E-state index in [1.807, 2.05) is 29.6 Å². The van der Waals surface area contributed by atoms with Gasteiger partial charge in [-0.3, -0.25) is 14.8 Å². The van der Waals surface area contributed by atoms with Crippen molar-refractivity contribution in [2.75, 3.05) is 0 Å². The molecule has 0 saturated heterocycles. The van der Waals surface area contributed by atoms with Gasteiger partial charge in [-0.1, -0.05) is 18.2 Å². The lowest BCUT2D eigenvalue weighted by molar-refractivity contribution is 0.0946. The van der Waals surface area contributed by atoms with Crippen LogP contribution in [0, 0.1) is 0 Å². The van der Waals surface area contributed by atoms with Gasteiger partial charge in [-0.15, -0.1) is 11.3 Å². The van der Waals surface area contributed by atoms with Gasteiger partial charge in [0.2, 0.25) is 0 Å². The monoisotopic (exact) mass is 295 g/mol. The average molecular weight is 295 g/mol. The number of pyridine rings is 2. The molecule has 3 aromatic rings. The van der Waals surface area contributed by atoms with E-state index in [0.717, 1.165) is 16.1 Å². The first-order valence-corrected chi connectivity index (χ1v) is 7.39. The Bertz CT molecular complexity index is 726. The van der Waals surface area contributed by atoms with Crippen molar-refractivity contribution in [1.82, 2.24) is 15.3 Å². The maximum atomic E-state index is 12.0. The number of nitrogens with one attached hydrogen (secondary N) is 1. The molecule has 3 heterocycles. The number of carbonyl (C=O) groups is 1. The highest BCUT2D eigenvalue weighted by atomic mass is 32.1. The minimum absolute atomic E-state index is 0.184. The zero-order valence-corrected chi connectivity index (χ0v) is 12.0. The van der Waals surface area contributed by atoms with E-state index >= 15 is 0 Å². The van der Waals surface area contributed by atoms with Crippen molar-refractivity contribution in [2.45, 2.75) is 6.54 Å². The largest absolute Gasteiger partial charge is 0.347 e. The molecule has 0 aliphatic carbocycles. The molecule has 1 amide bonds. The van der Waals surface area contributed by atoms with Crippen LogP contribution in [0.25, 0.3) is 10.6 Å². The third-order valence-electron chi connectivity index (χ3n) is 2.98. The normalized spacial score (nSPS) is 10.3. The van der Waals surface area contributed by atoms with Crippen LogP contribution in [-0.2, 0) is 6.54 Å². The molecular weight excluding hydrogens is 282 g/mol. The number of carbonyl (C=O) groups excluding carboxylic acids is 1. The molecule has 0 atom stereocenters. The molecule has 0 radical (unpaired) electrons. The highest BCUT2D eigenvalue weighted by molar-refractivity contribution is 7.13. The lowest BCUT2D eigenvalue weighted by Crippen LogP contribution is -2.24. The Morgan fingerprint density at radius 3 is 2.71 bits per heavy atom. The van der Waals surface area contributed by atoms with Crippen LogP contribution in [-0.4, -0.2) is 15.9 Å². The lowest BCUT2D eigenvalue weighted by Gasteiger charge is -2.08. The fraction of sp³-hybridized carbons (Fsp3) is 0.0625. The molecule has 3 rings (SSSR count). The molecule has 0 aromatic carbocycles. The summed E-state index contributed by atoms with van der Waals surface area (Å²) in [6.07, 6.45) is 3.37. The second-order valence-electron chi connectivity index (χ2n) is 4.39. The van der Waals surface area contributed by atoms with E-state index in [1.165, 1.54) is 0 Å². The van der Waals surface area contributed by atoms with Crippen molar-refractivity contribution < 1.29 is 4.79 Å². The predicted octanol–water partition coefficient (Wildman–Crippen LogP) is 3.14. The number of aromatic nitrogens is 2. The summed E-state index contributed by atoms with van der Waals surface area (Å²) < 4.78 is 0. The van der Waals surface area contributed by atoms with Gasteiger partial charge >= 0.3 is 0 Å². The van der Waals surface area contributed by atoms with Crippen molar-refractivity contribution in [3.8, 4) is 10.6 Å². The second-order valence-corrected chi connectivity index (χ2v) is 5.33. The molecule has 0 aliphatic heterocycles. The van der Waals surface area contributed by atoms with Gasteiger partial charge < -0.3 is 5.32 Å². The first kappa shape index (κ1) is 13.5. The van der Waals surface area contributed by atoms with Crippen LogP contribution in [0.15, 0.2) is 60.2 Å². The minimum Gasteiger partial charge on any atom is -0.347 e. The highest BCUT2D eigenvalue weighted by Gasteiger charge is 2.10. The first-order valence-electron chi connectivity index (χ1n) is 6.51. The van der Waals surface area contributed by atoms with Crippen LogP contribution in [0.3, 0.4) is 0 Å². The zero-order valence-electron chi connectivity index (χ0n) is 11.2. The Labute approximate surface area is 126 Å². The molecule has 0 saturated carbocycles. The zero-order chi connectivity index (χ0) is 14.5. The van der Waals surface area contributed by atoms with Crippen LogP contribution in [0.5, 0.6) is 0 Å². The van der Waals surface area contributed by atoms with E-state index in [4.69, 9.17) is 0 Å². The molecule has 4 nitrogen and oxygen atoms in total. The molecule has 104 valence electrons. The number of amides is 1. The van der Waals surface area contributed by atoms with Gasteiger partial charge in [0.25, 0.3) is 5.91 Å². The fourth-order valence-electron chi connectivity index (χ4n) is 1.98. The topological polar surface area (TPSA) is 54.9 Å². The maximum Gasteiger partial charge on any atom is 0.270 e. The molecule has 0 spiro atoms. The first-order chi connectivity index (χ1) is 10.3. The van der Waals surface area contributed by atoms with Gasteiger partial charge in [0.05, 0.1) is 10.6 Å². The summed E-state index contributed by atoms with van der Waals surface area (Å²) in [5.74, 6) is -0.184. The van der Waals surface area contributed by atoms with Crippen molar-refractivity contribution in [3.63, 3.8) is 0 Å². The molecule has 5 heteroatoms. The van der Waals surface area contributed by atoms with Crippen LogP contribution in [0.1, 0.15) is 16.1 Å². The van der Waals surface area contributed by atoms with E-state index in [0.29, 0.717) is 12.2 Å². The van der Waals surface area contributed by atoms with Gasteiger partial charge in [0.1, 0.15) is 5.69 Å². The van der Waals surface area contributed by atoms with Gasteiger partial charge in [-0.05, 0) is 35.2 Å². The second kappa shape index (κ2) is 6.28. The molecule has 0 aliphatic rings. The van der Waals surface area contributed by atoms with E-state index in [1.54, 1.807) is 41.9 Å². The Morgan fingerprint density at radius 2 is 1.95 bits per heavy atom. The molecule has 0 fully saturated rings. The molecular formula is C16H13N3OS. The predicted molar refractivity (Wildman–Crippen MR) is 83.0 cm³/mol. The number of thiophene rings is 1. The Balaban J connectivity index is 1.76. The van der Waals surface area contributed by atoms with Gasteiger partial charge in [-0.2, -0.15) is 0 Å². The van der Waals surface area contributed by atoms with Crippen molar-refractivity contribution in [3.05, 3.63) is 71.5 Å². The Kier molecular flexibility index (Phi) is 4.02. The molecule has 21 heavy (non-hydrogen) atoms. The number of rotatable bonds is 4. The lowest BCUT2D eigenvalue weighted by atomic mass is 10.1. The summed E-state index contributed by atoms with van der Waals surface area (Å²) >= 11 is 1.63. The molecule has 0 bridgehead atoms. The summed E-state index contributed by atoms with van der Waals surface area (Å²) in [5.41, 5.74) is 2.32. The molecule has 3 aromatic heterocycles. The van der Waals surface area contributed by atoms with E-state index in [9.17, 15) is 4.79 Å². The fourth-order valence-corrected chi connectivity index (χ4v) is 2.74. The smallest absolute Gasteiger partial charge is 0.270 e. The summed E-state index contributed by atoms with van der Waals surface area (Å²) in [6.45, 7) is 0.427. The summed E-state index contributed by atoms with van der Waals surface area (Å²) in [7, 11) is 0. The Hall–Kier alpha value is -2.53. The van der Waals surface area contributed by atoms with Gasteiger partial charge in [-0.25, -0.2) is 0 Å². The van der Waals surface area contributed by atoms with Crippen molar-refractivity contribution in [1.29, 1.82) is 0 Å². The van der Waals surface area contributed by atoms with Crippen LogP contribution < -0.4 is 5.32 Å². The number of hydrogen-bond acceptors (Lipinski definition) is 4. The third-order valence-corrected chi connectivity index (χ3v) is 3.86. The van der Waals surface area contributed by atoms with E-state index in [2.05, 4.69) is 15.3 Å². The Morgan fingerprint density at radius 1 is 1.05 bits per heavy atom. The number of hydrogen-bond donors (Lipinski definition) is 1. The quantitative estimate of drug-likeness (QED) is 0.804. The van der Waals surface area contributed by atoms with Crippen molar-refractivity contribution in [2.24, 2.45) is 0 Å². The van der Waals surface area contributed by atoms with Crippen LogP contribution in [0.2, 0.25) is 0 Å². The van der Waals surface area contributed by atoms with Gasteiger partial charge in [0, 0.05) is 18.9 Å². The summed E-state index contributed by atoms with van der Waals surface area (Å²) in [4.78, 5) is 21.6. The van der Waals surface area contributed by atoms with Crippen molar-refractivity contribution >= 4 is 17.2 Å². The summed E-state index contributed by atoms with van der Waals surface area (Å²) in [6, 6.07) is 13.1. The average Bonchev–Trinajstić information content (AvgIpc) is 3.08. The van der Waals surface area contributed by atoms with E-state index < -0.39 is 0 Å².